The predicted octanol–water partition coefficient (Wildman–Crippen LogP) is 2.92. The van der Waals surface area contributed by atoms with Crippen molar-refractivity contribution in [3.8, 4) is 5.75 Å². The largest absolute Gasteiger partial charge is 0.573 e. The Kier molecular flexibility index (Phi) is 4.88. The average Bonchev–Trinajstić information content (AvgIpc) is 2.76. The third-order valence-corrected chi connectivity index (χ3v) is 5.29. The number of nitrogen functional groups attached to an aromatic ring is 1. The second-order valence-corrected chi connectivity index (χ2v) is 6.97. The van der Waals surface area contributed by atoms with E-state index in [1.165, 1.54) is 6.07 Å². The van der Waals surface area contributed by atoms with Crippen LogP contribution in [0.4, 0.5) is 18.9 Å². The minimum Gasteiger partial charge on any atom is -0.406 e. The van der Waals surface area contributed by atoms with Crippen molar-refractivity contribution in [2.45, 2.75) is 50.2 Å². The Morgan fingerprint density at radius 1 is 1.31 bits per heavy atom. The summed E-state index contributed by atoms with van der Waals surface area (Å²) in [5, 5.41) is 2.95. The number of nitrogens with two attached hydrogens (primary N) is 1. The molecule has 3 rings (SSSR count). The number of hydrogen-bond donors (Lipinski definition) is 2. The lowest BCUT2D eigenvalue weighted by Gasteiger charge is -2.36. The number of carbonyl (C=O) groups excluding carboxylic acids is 1. The molecule has 0 aromatic heterocycles. The van der Waals surface area contributed by atoms with Crippen LogP contribution in [0.25, 0.3) is 5.57 Å². The molecule has 0 saturated carbocycles. The maximum Gasteiger partial charge on any atom is 0.573 e. The summed E-state index contributed by atoms with van der Waals surface area (Å²) >= 11 is 0. The van der Waals surface area contributed by atoms with E-state index in [0.29, 0.717) is 12.1 Å². The van der Waals surface area contributed by atoms with Crippen molar-refractivity contribution in [3.05, 3.63) is 30.3 Å². The number of hydrogen-bond acceptors (Lipinski definition) is 4. The lowest BCUT2D eigenvalue weighted by atomic mass is 9.97. The van der Waals surface area contributed by atoms with Crippen LogP contribution in [0.2, 0.25) is 0 Å². The van der Waals surface area contributed by atoms with Crippen LogP contribution in [-0.2, 0) is 4.79 Å². The first-order valence-corrected chi connectivity index (χ1v) is 8.51. The van der Waals surface area contributed by atoms with Crippen LogP contribution in [-0.4, -0.2) is 42.3 Å². The fourth-order valence-electron chi connectivity index (χ4n) is 3.92. The number of benzene rings is 1. The van der Waals surface area contributed by atoms with Gasteiger partial charge >= 0.3 is 6.36 Å². The van der Waals surface area contributed by atoms with E-state index in [1.807, 2.05) is 0 Å². The number of fused-ring (bicyclic) bond motifs is 2. The molecule has 2 fully saturated rings. The Hall–Kier alpha value is -2.22. The molecule has 2 aliphatic heterocycles. The first-order valence-electron chi connectivity index (χ1n) is 8.51. The third-order valence-electron chi connectivity index (χ3n) is 5.29. The molecule has 2 bridgehead atoms. The second-order valence-electron chi connectivity index (χ2n) is 6.97. The highest BCUT2D eigenvalue weighted by atomic mass is 19.4. The molecule has 1 aromatic carbocycles. The first kappa shape index (κ1) is 18.6. The lowest BCUT2D eigenvalue weighted by molar-refractivity contribution is -0.274. The van der Waals surface area contributed by atoms with Crippen molar-refractivity contribution in [2.75, 3.05) is 12.8 Å². The summed E-state index contributed by atoms with van der Waals surface area (Å²) in [6.07, 6.45) is -0.849. The SMILES string of the molecule is C=C(C(=O)NC1CC2CCC(C1)N2C)c1cc(OC(F)(F)F)ccc1N. The van der Waals surface area contributed by atoms with E-state index in [-0.39, 0.29) is 22.9 Å². The van der Waals surface area contributed by atoms with E-state index in [0.717, 1.165) is 37.8 Å². The average molecular weight is 369 g/mol. The quantitative estimate of drug-likeness (QED) is 0.633. The number of rotatable bonds is 4. The van der Waals surface area contributed by atoms with Gasteiger partial charge in [0.15, 0.2) is 0 Å². The van der Waals surface area contributed by atoms with Gasteiger partial charge < -0.3 is 20.7 Å². The van der Waals surface area contributed by atoms with E-state index < -0.39 is 18.0 Å². The van der Waals surface area contributed by atoms with Gasteiger partial charge in [0.1, 0.15) is 5.75 Å². The van der Waals surface area contributed by atoms with E-state index in [4.69, 9.17) is 5.73 Å². The Labute approximate surface area is 150 Å². The van der Waals surface area contributed by atoms with Crippen LogP contribution in [0.1, 0.15) is 31.2 Å². The van der Waals surface area contributed by atoms with Crippen molar-refractivity contribution in [3.63, 3.8) is 0 Å². The zero-order valence-corrected chi connectivity index (χ0v) is 14.5. The molecule has 5 nitrogen and oxygen atoms in total. The molecule has 142 valence electrons. The fourth-order valence-corrected chi connectivity index (χ4v) is 3.92. The Bertz CT molecular complexity index is 706. The summed E-state index contributed by atoms with van der Waals surface area (Å²) < 4.78 is 41.1. The molecule has 1 amide bonds. The van der Waals surface area contributed by atoms with Crippen LogP contribution in [0.3, 0.4) is 0 Å². The molecular weight excluding hydrogens is 347 g/mol. The summed E-state index contributed by atoms with van der Waals surface area (Å²) in [5.41, 5.74) is 6.15. The Balaban J connectivity index is 1.69. The monoisotopic (exact) mass is 369 g/mol. The highest BCUT2D eigenvalue weighted by molar-refractivity contribution is 6.20. The Morgan fingerprint density at radius 3 is 2.50 bits per heavy atom. The van der Waals surface area contributed by atoms with Gasteiger partial charge in [-0.3, -0.25) is 4.79 Å². The molecule has 0 radical (unpaired) electrons. The number of nitrogens with one attached hydrogen (secondary N) is 1. The van der Waals surface area contributed by atoms with Gasteiger partial charge in [-0.05, 0) is 50.9 Å². The molecule has 8 heteroatoms. The molecule has 3 N–H and O–H groups in total. The van der Waals surface area contributed by atoms with Crippen LogP contribution < -0.4 is 15.8 Å². The zero-order chi connectivity index (χ0) is 19.1. The van der Waals surface area contributed by atoms with Gasteiger partial charge in [-0.15, -0.1) is 13.2 Å². The van der Waals surface area contributed by atoms with Crippen molar-refractivity contribution < 1.29 is 22.7 Å². The molecule has 2 heterocycles. The van der Waals surface area contributed by atoms with Crippen LogP contribution in [0.5, 0.6) is 5.75 Å². The van der Waals surface area contributed by atoms with Gasteiger partial charge in [-0.1, -0.05) is 6.58 Å². The molecule has 2 atom stereocenters. The molecule has 1 aromatic rings. The lowest BCUT2D eigenvalue weighted by Crippen LogP contribution is -2.48. The summed E-state index contributed by atoms with van der Waals surface area (Å²) in [4.78, 5) is 14.9. The normalized spacial score (nSPS) is 25.8. The van der Waals surface area contributed by atoms with E-state index in [2.05, 4.69) is 28.6 Å². The van der Waals surface area contributed by atoms with Crippen molar-refractivity contribution in [1.82, 2.24) is 10.2 Å². The smallest absolute Gasteiger partial charge is 0.406 e. The highest BCUT2D eigenvalue weighted by Crippen LogP contribution is 2.35. The zero-order valence-electron chi connectivity index (χ0n) is 14.5. The number of nitrogens with zero attached hydrogens (tertiary/aromatic N) is 1. The van der Waals surface area contributed by atoms with E-state index in [1.54, 1.807) is 0 Å². The van der Waals surface area contributed by atoms with Gasteiger partial charge in [-0.2, -0.15) is 0 Å². The van der Waals surface area contributed by atoms with E-state index in [9.17, 15) is 18.0 Å². The van der Waals surface area contributed by atoms with Gasteiger partial charge in [0, 0.05) is 34.9 Å². The van der Waals surface area contributed by atoms with Crippen LogP contribution >= 0.6 is 0 Å². The van der Waals surface area contributed by atoms with Gasteiger partial charge in [0.25, 0.3) is 5.91 Å². The Morgan fingerprint density at radius 2 is 1.92 bits per heavy atom. The van der Waals surface area contributed by atoms with Crippen molar-refractivity contribution in [1.29, 1.82) is 0 Å². The highest BCUT2D eigenvalue weighted by Gasteiger charge is 2.39. The third kappa shape index (κ3) is 3.95. The number of carbonyl (C=O) groups is 1. The number of piperidine rings is 1. The minimum atomic E-state index is -4.82. The topological polar surface area (TPSA) is 67.6 Å². The van der Waals surface area contributed by atoms with E-state index >= 15 is 0 Å². The maximum atomic E-state index is 12.5. The summed E-state index contributed by atoms with van der Waals surface area (Å²) in [7, 11) is 2.10. The molecule has 0 spiro atoms. The number of alkyl halides is 3. The standard InChI is InChI=1S/C18H22F3N3O2/c1-10(15-9-14(5-6-16(15)22)26-18(19,20)21)17(25)23-11-7-12-3-4-13(8-11)24(12)2/h5-6,9,11-13H,1,3-4,7-8,22H2,2H3,(H,23,25). The predicted molar refractivity (Wildman–Crippen MR) is 92.3 cm³/mol. The van der Waals surface area contributed by atoms with Gasteiger partial charge in [0.05, 0.1) is 0 Å². The molecule has 26 heavy (non-hydrogen) atoms. The molecule has 0 aliphatic carbocycles. The van der Waals surface area contributed by atoms with Crippen molar-refractivity contribution >= 4 is 17.2 Å². The molecular formula is C18H22F3N3O2. The second kappa shape index (κ2) is 6.83. The van der Waals surface area contributed by atoms with Crippen LogP contribution in [0, 0.1) is 0 Å². The fraction of sp³-hybridized carbons (Fsp3) is 0.500. The number of halogens is 3. The van der Waals surface area contributed by atoms with Gasteiger partial charge in [0.2, 0.25) is 0 Å². The number of anilines is 1. The first-order chi connectivity index (χ1) is 12.1. The molecule has 2 unspecified atom stereocenters. The summed E-state index contributed by atoms with van der Waals surface area (Å²) in [5.74, 6) is -0.859. The van der Waals surface area contributed by atoms with Crippen LogP contribution in [0.15, 0.2) is 24.8 Å². The summed E-state index contributed by atoms with van der Waals surface area (Å²) in [6.45, 7) is 3.72. The van der Waals surface area contributed by atoms with Crippen molar-refractivity contribution in [2.24, 2.45) is 0 Å². The maximum absolute atomic E-state index is 12.5. The molecule has 2 saturated heterocycles. The molecule has 2 aliphatic rings. The summed E-state index contributed by atoms with van der Waals surface area (Å²) in [6, 6.07) is 4.41. The van der Waals surface area contributed by atoms with Gasteiger partial charge in [-0.25, -0.2) is 0 Å². The number of ether oxygens (including phenoxy) is 1. The number of amides is 1. The minimum absolute atomic E-state index is 0.0291.